The van der Waals surface area contributed by atoms with Crippen LogP contribution in [0.3, 0.4) is 0 Å². The van der Waals surface area contributed by atoms with Gasteiger partial charge in [0.2, 0.25) is 0 Å². The van der Waals surface area contributed by atoms with Crippen molar-refractivity contribution in [3.8, 4) is 0 Å². The smallest absolute Gasteiger partial charge is 0.0395 e. The largest absolute Gasteiger partial charge is 0.122 e. The molecule has 3 fully saturated rings. The Morgan fingerprint density at radius 2 is 1.82 bits per heavy atom. The van der Waals surface area contributed by atoms with Gasteiger partial charge < -0.3 is 0 Å². The minimum Gasteiger partial charge on any atom is -0.122 e. The molecule has 0 aromatic carbocycles. The van der Waals surface area contributed by atoms with E-state index >= 15 is 0 Å². The van der Waals surface area contributed by atoms with Gasteiger partial charge in [0.15, 0.2) is 0 Å². The molecule has 5 unspecified atom stereocenters. The third kappa shape index (κ3) is 0.771. The molecule has 3 aliphatic carbocycles. The lowest BCUT2D eigenvalue weighted by molar-refractivity contribution is 0.167. The fourth-order valence-corrected chi connectivity index (χ4v) is 4.41. The lowest BCUT2D eigenvalue weighted by Gasteiger charge is -2.37. The van der Waals surface area contributed by atoms with Gasteiger partial charge in [-0.25, -0.2) is 0 Å². The van der Waals surface area contributed by atoms with Gasteiger partial charge in [-0.2, -0.15) is 0 Å². The van der Waals surface area contributed by atoms with Crippen LogP contribution in [0.4, 0.5) is 0 Å². The van der Waals surface area contributed by atoms with E-state index in [1.54, 1.807) is 0 Å². The van der Waals surface area contributed by atoms with E-state index in [1.807, 2.05) is 0 Å². The number of hydrogen-bond acceptors (Lipinski definition) is 0. The minimum absolute atomic E-state index is 0.566. The molecule has 3 aliphatic rings. The van der Waals surface area contributed by atoms with E-state index in [0.29, 0.717) is 5.38 Å². The van der Waals surface area contributed by atoms with Gasteiger partial charge in [0.05, 0.1) is 0 Å². The normalized spacial score (nSPS) is 60.3. The van der Waals surface area contributed by atoms with E-state index in [0.717, 1.165) is 23.7 Å². The zero-order valence-electron chi connectivity index (χ0n) is 6.80. The van der Waals surface area contributed by atoms with Crippen LogP contribution < -0.4 is 0 Å². The minimum atomic E-state index is 0.566. The first kappa shape index (κ1) is 6.77. The first-order valence-corrected chi connectivity index (χ1v) is 5.44. The molecule has 0 aromatic rings. The fourth-order valence-electron chi connectivity index (χ4n) is 3.89. The highest BCUT2D eigenvalue weighted by atomic mass is 35.5. The van der Waals surface area contributed by atoms with Crippen LogP contribution in [0.2, 0.25) is 0 Å². The van der Waals surface area contributed by atoms with Crippen molar-refractivity contribution in [2.75, 3.05) is 0 Å². The molecule has 0 aliphatic heterocycles. The Hall–Kier alpha value is 0.290. The Bertz CT molecular complexity index is 174. The molecule has 62 valence electrons. The summed E-state index contributed by atoms with van der Waals surface area (Å²) in [5, 5.41) is 0.566. The molecule has 0 amide bonds. The molecular formula is C10H15Cl. The van der Waals surface area contributed by atoms with Crippen LogP contribution >= 0.6 is 11.6 Å². The number of alkyl halides is 1. The number of hydrogen-bond donors (Lipinski definition) is 0. The van der Waals surface area contributed by atoms with Gasteiger partial charge in [0.25, 0.3) is 0 Å². The molecule has 11 heavy (non-hydrogen) atoms. The summed E-state index contributed by atoms with van der Waals surface area (Å²) in [4.78, 5) is 0. The molecule has 0 radical (unpaired) electrons. The van der Waals surface area contributed by atoms with Gasteiger partial charge in [-0.05, 0) is 42.9 Å². The van der Waals surface area contributed by atoms with E-state index in [4.69, 9.17) is 11.6 Å². The Labute approximate surface area is 73.3 Å². The second-order valence-electron chi connectivity index (χ2n) is 4.69. The number of rotatable bonds is 0. The standard InChI is InChI=1S/C10H15Cl/c11-10-7-4-6-2-1-3-8(10)9(6)5-7/h6-10H,1-5H2. The summed E-state index contributed by atoms with van der Waals surface area (Å²) in [5.41, 5.74) is 0. The van der Waals surface area contributed by atoms with Crippen molar-refractivity contribution < 1.29 is 0 Å². The third-order valence-corrected chi connectivity index (χ3v) is 4.99. The summed E-state index contributed by atoms with van der Waals surface area (Å²) in [5.74, 6) is 3.98. The van der Waals surface area contributed by atoms with Crippen molar-refractivity contribution in [1.29, 1.82) is 0 Å². The van der Waals surface area contributed by atoms with Gasteiger partial charge in [-0.15, -0.1) is 11.6 Å². The zero-order valence-corrected chi connectivity index (χ0v) is 7.56. The predicted molar refractivity (Wildman–Crippen MR) is 46.7 cm³/mol. The summed E-state index contributed by atoms with van der Waals surface area (Å²) < 4.78 is 0. The summed E-state index contributed by atoms with van der Waals surface area (Å²) in [7, 11) is 0. The molecule has 0 N–H and O–H groups in total. The molecule has 2 bridgehead atoms. The molecule has 3 rings (SSSR count). The van der Waals surface area contributed by atoms with Crippen LogP contribution in [0.5, 0.6) is 0 Å². The van der Waals surface area contributed by atoms with Crippen molar-refractivity contribution in [3.63, 3.8) is 0 Å². The highest BCUT2D eigenvalue weighted by Gasteiger charge is 2.52. The third-order valence-electron chi connectivity index (χ3n) is 4.31. The second kappa shape index (κ2) is 2.16. The highest BCUT2D eigenvalue weighted by molar-refractivity contribution is 6.21. The molecule has 0 aromatic heterocycles. The van der Waals surface area contributed by atoms with Crippen LogP contribution in [0.15, 0.2) is 0 Å². The molecule has 5 atom stereocenters. The van der Waals surface area contributed by atoms with E-state index in [1.165, 1.54) is 32.1 Å². The quantitative estimate of drug-likeness (QED) is 0.491. The summed E-state index contributed by atoms with van der Waals surface area (Å²) in [6.45, 7) is 0. The average Bonchev–Trinajstić information content (AvgIpc) is 2.53. The Morgan fingerprint density at radius 1 is 0.909 bits per heavy atom. The summed E-state index contributed by atoms with van der Waals surface area (Å²) in [6, 6.07) is 0. The van der Waals surface area contributed by atoms with Gasteiger partial charge >= 0.3 is 0 Å². The van der Waals surface area contributed by atoms with Crippen LogP contribution in [0.1, 0.15) is 32.1 Å². The van der Waals surface area contributed by atoms with Crippen molar-refractivity contribution >= 4 is 11.6 Å². The summed E-state index contributed by atoms with van der Waals surface area (Å²) >= 11 is 6.37. The van der Waals surface area contributed by atoms with Crippen molar-refractivity contribution in [2.24, 2.45) is 23.7 Å². The van der Waals surface area contributed by atoms with E-state index < -0.39 is 0 Å². The van der Waals surface area contributed by atoms with Gasteiger partial charge in [0.1, 0.15) is 0 Å². The maximum atomic E-state index is 6.37. The number of halogens is 1. The first-order chi connectivity index (χ1) is 5.36. The van der Waals surface area contributed by atoms with Crippen LogP contribution in [-0.2, 0) is 0 Å². The Balaban J connectivity index is 1.92. The highest BCUT2D eigenvalue weighted by Crippen LogP contribution is 2.59. The van der Waals surface area contributed by atoms with Crippen LogP contribution in [0.25, 0.3) is 0 Å². The lowest BCUT2D eigenvalue weighted by Crippen LogP contribution is -2.32. The molecule has 0 heterocycles. The SMILES string of the molecule is ClC1C2CC3CCCC1C3C2. The fraction of sp³-hybridized carbons (Fsp3) is 1.00. The van der Waals surface area contributed by atoms with Crippen molar-refractivity contribution in [3.05, 3.63) is 0 Å². The second-order valence-corrected chi connectivity index (χ2v) is 5.20. The van der Waals surface area contributed by atoms with Gasteiger partial charge in [-0.1, -0.05) is 12.8 Å². The molecular weight excluding hydrogens is 156 g/mol. The predicted octanol–water partition coefficient (Wildman–Crippen LogP) is 3.05. The topological polar surface area (TPSA) is 0 Å². The molecule has 3 saturated carbocycles. The van der Waals surface area contributed by atoms with Crippen LogP contribution in [0, 0.1) is 23.7 Å². The Kier molecular flexibility index (Phi) is 1.33. The first-order valence-electron chi connectivity index (χ1n) is 5.00. The van der Waals surface area contributed by atoms with Crippen molar-refractivity contribution in [2.45, 2.75) is 37.5 Å². The van der Waals surface area contributed by atoms with Gasteiger partial charge in [-0.3, -0.25) is 0 Å². The maximum absolute atomic E-state index is 6.37. The monoisotopic (exact) mass is 170 g/mol. The van der Waals surface area contributed by atoms with Crippen LogP contribution in [-0.4, -0.2) is 5.38 Å². The van der Waals surface area contributed by atoms with Crippen molar-refractivity contribution in [1.82, 2.24) is 0 Å². The molecule has 0 spiro atoms. The van der Waals surface area contributed by atoms with E-state index in [2.05, 4.69) is 0 Å². The zero-order chi connectivity index (χ0) is 7.42. The van der Waals surface area contributed by atoms with Gasteiger partial charge in [0, 0.05) is 5.38 Å². The Morgan fingerprint density at radius 3 is 2.55 bits per heavy atom. The molecule has 0 nitrogen and oxygen atoms in total. The summed E-state index contributed by atoms with van der Waals surface area (Å²) in [6.07, 6.45) is 7.35. The average molecular weight is 171 g/mol. The maximum Gasteiger partial charge on any atom is 0.0395 e. The molecule has 1 heteroatoms. The molecule has 0 saturated heterocycles. The lowest BCUT2D eigenvalue weighted by atomic mass is 9.71. The number of fused-ring (bicyclic) bond motifs is 1. The van der Waals surface area contributed by atoms with E-state index in [-0.39, 0.29) is 0 Å². The van der Waals surface area contributed by atoms with E-state index in [9.17, 15) is 0 Å².